The number of rotatable bonds is 6. The third kappa shape index (κ3) is 3.35. The van der Waals surface area contributed by atoms with Crippen molar-refractivity contribution in [2.45, 2.75) is 37.3 Å². The van der Waals surface area contributed by atoms with Gasteiger partial charge >= 0.3 is 5.97 Å². The molecule has 2 rings (SSSR count). The summed E-state index contributed by atoms with van der Waals surface area (Å²) in [5.74, 6) is 0.297. The topological polar surface area (TPSA) is 87.7 Å². The Kier molecular flexibility index (Phi) is 4.72. The first-order chi connectivity index (χ1) is 9.61. The second-order valence-corrected chi connectivity index (χ2v) is 5.31. The Morgan fingerprint density at radius 1 is 1.50 bits per heavy atom. The summed E-state index contributed by atoms with van der Waals surface area (Å²) in [6.07, 6.45) is 3.62. The summed E-state index contributed by atoms with van der Waals surface area (Å²) in [4.78, 5) is 15.4. The summed E-state index contributed by atoms with van der Waals surface area (Å²) >= 11 is 1.45. The van der Waals surface area contributed by atoms with Gasteiger partial charge in [0.1, 0.15) is 6.54 Å². The van der Waals surface area contributed by atoms with E-state index >= 15 is 0 Å². The lowest BCUT2D eigenvalue weighted by atomic mass is 10.4. The van der Waals surface area contributed by atoms with Crippen molar-refractivity contribution in [1.82, 2.24) is 29.8 Å². The molecule has 2 aromatic rings. The highest BCUT2D eigenvalue weighted by atomic mass is 32.2. The highest BCUT2D eigenvalue weighted by Crippen LogP contribution is 2.21. The highest BCUT2D eigenvalue weighted by Gasteiger charge is 2.13. The lowest BCUT2D eigenvalue weighted by Crippen LogP contribution is -2.14. The van der Waals surface area contributed by atoms with Crippen LogP contribution < -0.4 is 0 Å². The van der Waals surface area contributed by atoms with Crippen molar-refractivity contribution in [1.29, 1.82) is 0 Å². The van der Waals surface area contributed by atoms with E-state index in [0.717, 1.165) is 5.69 Å². The van der Waals surface area contributed by atoms with Gasteiger partial charge in [0.15, 0.2) is 0 Å². The second kappa shape index (κ2) is 6.51. The summed E-state index contributed by atoms with van der Waals surface area (Å²) in [5.41, 5.74) is 1.08. The van der Waals surface area contributed by atoms with E-state index in [1.165, 1.54) is 23.6 Å². The maximum Gasteiger partial charge on any atom is 0.327 e. The average Bonchev–Trinajstić information content (AvgIpc) is 3.04. The van der Waals surface area contributed by atoms with Gasteiger partial charge in [0.2, 0.25) is 5.16 Å². The van der Waals surface area contributed by atoms with E-state index in [9.17, 15) is 4.79 Å². The summed E-state index contributed by atoms with van der Waals surface area (Å²) in [6, 6.07) is 0.346. The fourth-order valence-corrected chi connectivity index (χ4v) is 2.48. The number of methoxy groups -OCH3 is 1. The van der Waals surface area contributed by atoms with Gasteiger partial charge < -0.3 is 9.30 Å². The summed E-state index contributed by atoms with van der Waals surface area (Å²) in [5, 5.41) is 11.8. The molecule has 0 amide bonds. The molecular formula is C11H16N6O2S. The van der Waals surface area contributed by atoms with Crippen LogP contribution in [0.1, 0.15) is 25.6 Å². The van der Waals surface area contributed by atoms with Crippen LogP contribution in [-0.4, -0.2) is 42.8 Å². The SMILES string of the molecule is COC(=O)Cn1nnnc1SCc1cncn1C(C)C. The molecule has 0 unspecified atom stereocenters. The molecule has 20 heavy (non-hydrogen) atoms. The van der Waals surface area contributed by atoms with Crippen molar-refractivity contribution in [3.63, 3.8) is 0 Å². The van der Waals surface area contributed by atoms with Crippen LogP contribution in [0.5, 0.6) is 0 Å². The van der Waals surface area contributed by atoms with Gasteiger partial charge in [0, 0.05) is 23.7 Å². The van der Waals surface area contributed by atoms with Crippen molar-refractivity contribution in [3.05, 3.63) is 18.2 Å². The monoisotopic (exact) mass is 296 g/mol. The van der Waals surface area contributed by atoms with Crippen LogP contribution in [0.2, 0.25) is 0 Å². The standard InChI is InChI=1S/C11H16N6O2S/c1-8(2)16-7-12-4-9(16)6-20-11-13-14-15-17(11)5-10(18)19-3/h4,7-8H,5-6H2,1-3H3. The van der Waals surface area contributed by atoms with E-state index < -0.39 is 0 Å². The van der Waals surface area contributed by atoms with Crippen LogP contribution in [0.4, 0.5) is 0 Å². The maximum absolute atomic E-state index is 11.2. The van der Waals surface area contributed by atoms with Gasteiger partial charge in [-0.2, -0.15) is 0 Å². The number of tetrazole rings is 1. The van der Waals surface area contributed by atoms with Gasteiger partial charge in [-0.15, -0.1) is 5.10 Å². The van der Waals surface area contributed by atoms with Gasteiger partial charge in [0.05, 0.1) is 13.4 Å². The molecule has 0 radical (unpaired) electrons. The van der Waals surface area contributed by atoms with E-state index in [4.69, 9.17) is 0 Å². The first-order valence-corrected chi connectivity index (χ1v) is 7.07. The Balaban J connectivity index is 2.02. The number of esters is 1. The molecule has 2 aromatic heterocycles. The zero-order chi connectivity index (χ0) is 14.5. The Hall–Kier alpha value is -1.90. The Morgan fingerprint density at radius 3 is 3.00 bits per heavy atom. The van der Waals surface area contributed by atoms with Crippen LogP contribution in [0.3, 0.4) is 0 Å². The van der Waals surface area contributed by atoms with Crippen LogP contribution in [-0.2, 0) is 21.8 Å². The van der Waals surface area contributed by atoms with Gasteiger partial charge in [0.25, 0.3) is 0 Å². The van der Waals surface area contributed by atoms with Crippen molar-refractivity contribution in [2.24, 2.45) is 0 Å². The average molecular weight is 296 g/mol. The highest BCUT2D eigenvalue weighted by molar-refractivity contribution is 7.98. The molecule has 2 heterocycles. The molecule has 0 aromatic carbocycles. The molecule has 0 spiro atoms. The first kappa shape index (κ1) is 14.5. The minimum Gasteiger partial charge on any atom is -0.468 e. The normalized spacial score (nSPS) is 11.0. The molecule has 8 nitrogen and oxygen atoms in total. The predicted octanol–water partition coefficient (Wildman–Crippen LogP) is 0.916. The van der Waals surface area contributed by atoms with E-state index in [1.807, 2.05) is 6.20 Å². The number of ether oxygens (including phenoxy) is 1. The molecule has 0 aliphatic carbocycles. The molecule has 0 bridgehead atoms. The molecule has 108 valence electrons. The quantitative estimate of drug-likeness (QED) is 0.578. The molecule has 0 N–H and O–H groups in total. The molecule has 9 heteroatoms. The molecular weight excluding hydrogens is 280 g/mol. The predicted molar refractivity (Wildman–Crippen MR) is 72.0 cm³/mol. The van der Waals surface area contributed by atoms with Gasteiger partial charge in [-0.25, -0.2) is 9.67 Å². The Morgan fingerprint density at radius 2 is 2.30 bits per heavy atom. The van der Waals surface area contributed by atoms with E-state index in [-0.39, 0.29) is 12.5 Å². The maximum atomic E-state index is 11.2. The minimum atomic E-state index is -0.383. The molecule has 0 aliphatic rings. The zero-order valence-corrected chi connectivity index (χ0v) is 12.4. The minimum absolute atomic E-state index is 0.00920. The Labute approximate surface area is 120 Å². The smallest absolute Gasteiger partial charge is 0.327 e. The second-order valence-electron chi connectivity index (χ2n) is 4.37. The van der Waals surface area contributed by atoms with Gasteiger partial charge in [-0.05, 0) is 24.3 Å². The molecule has 0 saturated carbocycles. The van der Waals surface area contributed by atoms with Crippen molar-refractivity contribution < 1.29 is 9.53 Å². The lowest BCUT2D eigenvalue weighted by molar-refractivity contribution is -0.141. The van der Waals surface area contributed by atoms with Crippen LogP contribution in [0.15, 0.2) is 17.7 Å². The van der Waals surface area contributed by atoms with Gasteiger partial charge in [-0.1, -0.05) is 11.8 Å². The Bertz CT molecular complexity index is 579. The number of hydrogen-bond acceptors (Lipinski definition) is 7. The number of imidazole rings is 1. The number of nitrogens with zero attached hydrogens (tertiary/aromatic N) is 6. The molecule has 0 fully saturated rings. The summed E-state index contributed by atoms with van der Waals surface area (Å²) in [7, 11) is 1.33. The van der Waals surface area contributed by atoms with E-state index in [0.29, 0.717) is 17.0 Å². The van der Waals surface area contributed by atoms with Crippen molar-refractivity contribution in [3.8, 4) is 0 Å². The fraction of sp³-hybridized carbons (Fsp3) is 0.545. The third-order valence-electron chi connectivity index (χ3n) is 2.66. The number of carbonyl (C=O) groups is 1. The van der Waals surface area contributed by atoms with Crippen LogP contribution in [0.25, 0.3) is 0 Å². The molecule has 0 saturated heterocycles. The molecule has 0 atom stereocenters. The third-order valence-corrected chi connectivity index (χ3v) is 3.65. The largest absolute Gasteiger partial charge is 0.468 e. The van der Waals surface area contributed by atoms with Crippen molar-refractivity contribution >= 4 is 17.7 Å². The summed E-state index contributed by atoms with van der Waals surface area (Å²) in [6.45, 7) is 4.20. The zero-order valence-electron chi connectivity index (χ0n) is 11.6. The van der Waals surface area contributed by atoms with Gasteiger partial charge in [-0.3, -0.25) is 4.79 Å². The number of carbonyl (C=O) groups excluding carboxylic acids is 1. The number of aromatic nitrogens is 6. The number of hydrogen-bond donors (Lipinski definition) is 0. The van der Waals surface area contributed by atoms with E-state index in [2.05, 4.69) is 43.7 Å². The lowest BCUT2D eigenvalue weighted by Gasteiger charge is -2.10. The molecule has 0 aliphatic heterocycles. The van der Waals surface area contributed by atoms with E-state index in [1.54, 1.807) is 6.33 Å². The van der Waals surface area contributed by atoms with Crippen molar-refractivity contribution in [2.75, 3.05) is 7.11 Å². The van der Waals surface area contributed by atoms with Crippen LogP contribution >= 0.6 is 11.8 Å². The first-order valence-electron chi connectivity index (χ1n) is 6.08. The number of thioether (sulfide) groups is 1. The van der Waals surface area contributed by atoms with Crippen LogP contribution in [0, 0.1) is 0 Å². The summed E-state index contributed by atoms with van der Waals surface area (Å²) < 4.78 is 8.11. The fourth-order valence-electron chi connectivity index (χ4n) is 1.63.